The third kappa shape index (κ3) is 5.37. The fourth-order valence-electron chi connectivity index (χ4n) is 2.14. The maximum absolute atomic E-state index is 12.9. The summed E-state index contributed by atoms with van der Waals surface area (Å²) in [7, 11) is 0.0545. The predicted molar refractivity (Wildman–Crippen MR) is 103 cm³/mol. The molecule has 2 aromatic heterocycles. The Labute approximate surface area is 160 Å². The fourth-order valence-corrected chi connectivity index (χ4v) is 6.13. The van der Waals surface area contributed by atoms with E-state index < -0.39 is 26.9 Å². The van der Waals surface area contributed by atoms with E-state index in [4.69, 9.17) is 0 Å². The first-order valence-electron chi connectivity index (χ1n) is 7.84. The van der Waals surface area contributed by atoms with E-state index in [1.165, 1.54) is 17.4 Å². The number of nitrogens with zero attached hydrogens (tertiary/aromatic N) is 1. The molecule has 0 unspecified atom stereocenters. The number of carbonyl (C=O) groups excluding carboxylic acids is 2. The highest BCUT2D eigenvalue weighted by Crippen LogP contribution is 2.33. The number of hydrogen-bond acceptors (Lipinski definition) is 7. The van der Waals surface area contributed by atoms with E-state index in [-0.39, 0.29) is 10.8 Å². The minimum absolute atomic E-state index is 0.166. The molecule has 0 aliphatic carbocycles. The molecule has 0 spiro atoms. The average Bonchev–Trinajstić information content (AvgIpc) is 3.28. The van der Waals surface area contributed by atoms with Crippen molar-refractivity contribution in [1.29, 1.82) is 0 Å². The van der Waals surface area contributed by atoms with Crippen LogP contribution in [0.5, 0.6) is 0 Å². The minimum Gasteiger partial charge on any atom is -0.347 e. The number of likely N-dealkylation sites (N-methyl/N-ethyl adjacent to an activating group) is 1. The zero-order chi connectivity index (χ0) is 19.2. The van der Waals surface area contributed by atoms with Crippen LogP contribution >= 0.6 is 22.7 Å². The van der Waals surface area contributed by atoms with Gasteiger partial charge in [0.1, 0.15) is 9.46 Å². The van der Waals surface area contributed by atoms with Crippen LogP contribution in [0.3, 0.4) is 0 Å². The predicted octanol–water partition coefficient (Wildman–Crippen LogP) is 1.12. The van der Waals surface area contributed by atoms with Gasteiger partial charge < -0.3 is 15.5 Å². The second kappa shape index (κ2) is 9.26. The lowest BCUT2D eigenvalue weighted by Gasteiger charge is -2.16. The van der Waals surface area contributed by atoms with Crippen LogP contribution in [0.1, 0.15) is 10.1 Å². The number of carbonyl (C=O) groups is 2. The Morgan fingerprint density at radius 1 is 1.08 bits per heavy atom. The summed E-state index contributed by atoms with van der Waals surface area (Å²) >= 11 is 2.43. The summed E-state index contributed by atoms with van der Waals surface area (Å²) in [4.78, 5) is 26.3. The molecule has 2 aromatic rings. The Morgan fingerprint density at radius 3 is 2.31 bits per heavy atom. The van der Waals surface area contributed by atoms with Gasteiger partial charge in [-0.2, -0.15) is 0 Å². The molecule has 2 heterocycles. The number of amides is 2. The van der Waals surface area contributed by atoms with Crippen molar-refractivity contribution in [1.82, 2.24) is 15.5 Å². The van der Waals surface area contributed by atoms with E-state index in [1.807, 2.05) is 19.0 Å². The van der Waals surface area contributed by atoms with Crippen LogP contribution < -0.4 is 10.6 Å². The maximum Gasteiger partial charge on any atom is 0.309 e. The van der Waals surface area contributed by atoms with Crippen LogP contribution in [0.4, 0.5) is 0 Å². The summed E-state index contributed by atoms with van der Waals surface area (Å²) in [6, 6.07) is 6.67. The van der Waals surface area contributed by atoms with Crippen molar-refractivity contribution < 1.29 is 18.0 Å². The highest BCUT2D eigenvalue weighted by atomic mass is 32.2. The summed E-state index contributed by atoms with van der Waals surface area (Å²) < 4.78 is 26.0. The highest BCUT2D eigenvalue weighted by Gasteiger charge is 2.31. The van der Waals surface area contributed by atoms with E-state index in [0.29, 0.717) is 18.0 Å². The zero-order valence-electron chi connectivity index (χ0n) is 14.5. The Morgan fingerprint density at radius 2 is 1.73 bits per heavy atom. The maximum atomic E-state index is 12.9. The van der Waals surface area contributed by atoms with Crippen molar-refractivity contribution in [3.8, 4) is 0 Å². The van der Waals surface area contributed by atoms with Gasteiger partial charge in [0, 0.05) is 24.5 Å². The molecule has 1 atom stereocenters. The van der Waals surface area contributed by atoms with Crippen LogP contribution in [0.15, 0.2) is 39.2 Å². The zero-order valence-corrected chi connectivity index (χ0v) is 16.9. The number of rotatable bonds is 8. The van der Waals surface area contributed by atoms with Gasteiger partial charge >= 0.3 is 11.8 Å². The monoisotopic (exact) mass is 415 g/mol. The van der Waals surface area contributed by atoms with Crippen molar-refractivity contribution in [3.63, 3.8) is 0 Å². The summed E-state index contributed by atoms with van der Waals surface area (Å²) in [5, 5.41) is 7.48. The molecule has 142 valence electrons. The number of sulfone groups is 1. The van der Waals surface area contributed by atoms with Crippen molar-refractivity contribution in [2.75, 3.05) is 33.7 Å². The van der Waals surface area contributed by atoms with Crippen LogP contribution in [0.2, 0.25) is 0 Å². The van der Waals surface area contributed by atoms with Gasteiger partial charge in [-0.15, -0.1) is 22.7 Å². The molecule has 0 aliphatic heterocycles. The second-order valence-corrected chi connectivity index (χ2v) is 10.0. The smallest absolute Gasteiger partial charge is 0.309 e. The molecule has 2 rings (SSSR count). The lowest BCUT2D eigenvalue weighted by Crippen LogP contribution is -2.43. The van der Waals surface area contributed by atoms with Gasteiger partial charge in [0.2, 0.25) is 0 Å². The van der Waals surface area contributed by atoms with Crippen LogP contribution in [0.25, 0.3) is 0 Å². The van der Waals surface area contributed by atoms with Crippen molar-refractivity contribution in [2.45, 2.75) is 9.46 Å². The van der Waals surface area contributed by atoms with Crippen LogP contribution in [-0.4, -0.2) is 58.9 Å². The van der Waals surface area contributed by atoms with E-state index >= 15 is 0 Å². The molecule has 0 bridgehead atoms. The molecule has 26 heavy (non-hydrogen) atoms. The summed E-state index contributed by atoms with van der Waals surface area (Å²) in [6.07, 6.45) is 0. The minimum atomic E-state index is -3.65. The van der Waals surface area contributed by atoms with E-state index in [0.717, 1.165) is 11.3 Å². The fraction of sp³-hybridized carbons (Fsp3) is 0.375. The Hall–Kier alpha value is -1.75. The van der Waals surface area contributed by atoms with E-state index in [9.17, 15) is 18.0 Å². The van der Waals surface area contributed by atoms with Gasteiger partial charge in [-0.3, -0.25) is 9.59 Å². The van der Waals surface area contributed by atoms with Gasteiger partial charge in [0.25, 0.3) is 0 Å². The topological polar surface area (TPSA) is 95.6 Å². The molecule has 2 N–H and O–H groups in total. The first-order chi connectivity index (χ1) is 12.3. The molecule has 0 saturated heterocycles. The van der Waals surface area contributed by atoms with Crippen molar-refractivity contribution in [2.24, 2.45) is 0 Å². The van der Waals surface area contributed by atoms with Crippen molar-refractivity contribution >= 4 is 44.3 Å². The Bertz CT molecular complexity index is 815. The standard InChI is InChI=1S/C16H21N3O4S3/c1-19(2)8-7-17-15(20)16(21)18-11-13(12-5-3-9-24-12)26(22,23)14-6-4-10-25-14/h3-6,9-10,13H,7-8,11H2,1-2H3,(H,17,20)(H,18,21)/t13-/m0/s1. The molecular weight excluding hydrogens is 394 g/mol. The number of hydrogen-bond donors (Lipinski definition) is 2. The lowest BCUT2D eigenvalue weighted by atomic mass is 10.3. The molecule has 0 aliphatic rings. The quantitative estimate of drug-likeness (QED) is 0.630. The summed E-state index contributed by atoms with van der Waals surface area (Å²) in [5.41, 5.74) is 0. The first-order valence-corrected chi connectivity index (χ1v) is 11.1. The molecule has 10 heteroatoms. The molecule has 7 nitrogen and oxygen atoms in total. The largest absolute Gasteiger partial charge is 0.347 e. The van der Waals surface area contributed by atoms with Gasteiger partial charge in [-0.25, -0.2) is 8.42 Å². The lowest BCUT2D eigenvalue weighted by molar-refractivity contribution is -0.139. The van der Waals surface area contributed by atoms with Crippen molar-refractivity contribution in [3.05, 3.63) is 39.9 Å². The SMILES string of the molecule is CN(C)CCNC(=O)C(=O)NC[C@@H](c1cccs1)S(=O)(=O)c1cccs1. The normalized spacial score (nSPS) is 12.7. The number of nitrogens with one attached hydrogen (secondary N) is 2. The number of thiophene rings is 2. The van der Waals surface area contributed by atoms with Gasteiger partial charge in [0.15, 0.2) is 9.84 Å². The Balaban J connectivity index is 2.05. The molecule has 0 fully saturated rings. The van der Waals surface area contributed by atoms with Crippen LogP contribution in [0, 0.1) is 0 Å². The summed E-state index contributed by atoms with van der Waals surface area (Å²) in [5.74, 6) is -1.61. The van der Waals surface area contributed by atoms with Gasteiger partial charge in [0.05, 0.1) is 0 Å². The second-order valence-electron chi connectivity index (χ2n) is 5.75. The summed E-state index contributed by atoms with van der Waals surface area (Å²) in [6.45, 7) is 0.769. The molecule has 0 saturated carbocycles. The molecule has 0 aromatic carbocycles. The van der Waals surface area contributed by atoms with E-state index in [2.05, 4.69) is 10.6 Å². The van der Waals surface area contributed by atoms with Crippen LogP contribution in [-0.2, 0) is 19.4 Å². The van der Waals surface area contributed by atoms with Gasteiger partial charge in [-0.1, -0.05) is 12.1 Å². The Kier molecular flexibility index (Phi) is 7.33. The highest BCUT2D eigenvalue weighted by molar-refractivity contribution is 7.93. The molecular formula is C16H21N3O4S3. The molecule has 0 radical (unpaired) electrons. The molecule has 2 amide bonds. The first kappa shape index (κ1) is 20.6. The average molecular weight is 416 g/mol. The van der Waals surface area contributed by atoms with E-state index in [1.54, 1.807) is 29.0 Å². The van der Waals surface area contributed by atoms with Gasteiger partial charge in [-0.05, 0) is 37.0 Å². The third-order valence-corrected chi connectivity index (χ3v) is 8.16. The third-order valence-electron chi connectivity index (χ3n) is 3.51.